The van der Waals surface area contributed by atoms with Gasteiger partial charge in [0, 0.05) is 17.5 Å². The lowest BCUT2D eigenvalue weighted by Crippen LogP contribution is -2.30. The first-order valence-corrected chi connectivity index (χ1v) is 10.2. The van der Waals surface area contributed by atoms with Crippen LogP contribution in [0.4, 0.5) is 0 Å². The summed E-state index contributed by atoms with van der Waals surface area (Å²) in [5, 5.41) is 1.92. The van der Waals surface area contributed by atoms with E-state index in [1.165, 1.54) is 0 Å². The summed E-state index contributed by atoms with van der Waals surface area (Å²) in [6.07, 6.45) is 1.90. The van der Waals surface area contributed by atoms with Gasteiger partial charge < -0.3 is 14.1 Å². The quantitative estimate of drug-likeness (QED) is 0.472. The van der Waals surface area contributed by atoms with Gasteiger partial charge in [0.2, 0.25) is 0 Å². The summed E-state index contributed by atoms with van der Waals surface area (Å²) in [4.78, 5) is 20.1. The van der Waals surface area contributed by atoms with Gasteiger partial charge in [0.05, 0.1) is 23.4 Å². The molecule has 5 nitrogen and oxygen atoms in total. The van der Waals surface area contributed by atoms with Crippen molar-refractivity contribution in [2.24, 2.45) is 0 Å². The maximum atomic E-state index is 13.4. The summed E-state index contributed by atoms with van der Waals surface area (Å²) >= 11 is 1.67. The number of aromatic nitrogens is 1. The molecule has 0 N–H and O–H groups in total. The summed E-state index contributed by atoms with van der Waals surface area (Å²) in [6.45, 7) is 2.65. The van der Waals surface area contributed by atoms with Crippen LogP contribution in [-0.4, -0.2) is 29.4 Å². The lowest BCUT2D eigenvalue weighted by atomic mass is 10.1. The SMILES string of the molecule is COc1ccc2oc(C(=O)N3CCCC3c3nc4ccccc4s3)c(C)c2c1. The largest absolute Gasteiger partial charge is 0.497 e. The molecule has 6 heteroatoms. The highest BCUT2D eigenvalue weighted by Crippen LogP contribution is 2.38. The number of furan rings is 1. The highest BCUT2D eigenvalue weighted by atomic mass is 32.1. The van der Waals surface area contributed by atoms with Crippen LogP contribution in [0.1, 0.15) is 40.0 Å². The number of rotatable bonds is 3. The van der Waals surface area contributed by atoms with Crippen LogP contribution >= 0.6 is 11.3 Å². The van der Waals surface area contributed by atoms with E-state index in [9.17, 15) is 4.79 Å². The molecule has 2 aromatic heterocycles. The molecule has 1 aliphatic rings. The molecule has 28 heavy (non-hydrogen) atoms. The zero-order chi connectivity index (χ0) is 19.3. The molecule has 0 bridgehead atoms. The molecule has 1 amide bonds. The molecule has 1 saturated heterocycles. The molecule has 1 atom stereocenters. The molecule has 2 aromatic carbocycles. The van der Waals surface area contributed by atoms with Crippen LogP contribution < -0.4 is 4.74 Å². The summed E-state index contributed by atoms with van der Waals surface area (Å²) in [5.74, 6) is 1.11. The number of hydrogen-bond donors (Lipinski definition) is 0. The standard InChI is InChI=1S/C22H20N2O3S/c1-13-15-12-14(26-2)9-10-18(15)27-20(13)22(25)24-11-5-7-17(24)21-23-16-6-3-4-8-19(16)28-21/h3-4,6,8-10,12,17H,5,7,11H2,1-2H3. The van der Waals surface area contributed by atoms with Gasteiger partial charge in [-0.1, -0.05) is 12.1 Å². The van der Waals surface area contributed by atoms with Gasteiger partial charge in [-0.2, -0.15) is 0 Å². The second-order valence-electron chi connectivity index (χ2n) is 7.09. The number of para-hydroxylation sites is 1. The number of fused-ring (bicyclic) bond motifs is 2. The third kappa shape index (κ3) is 2.67. The number of likely N-dealkylation sites (tertiary alicyclic amines) is 1. The number of aryl methyl sites for hydroxylation is 1. The Hall–Kier alpha value is -2.86. The maximum absolute atomic E-state index is 13.4. The van der Waals surface area contributed by atoms with E-state index in [1.54, 1.807) is 18.4 Å². The zero-order valence-corrected chi connectivity index (χ0v) is 16.6. The fraction of sp³-hybridized carbons (Fsp3) is 0.273. The van der Waals surface area contributed by atoms with E-state index in [1.807, 2.05) is 48.2 Å². The van der Waals surface area contributed by atoms with Crippen LogP contribution in [0.3, 0.4) is 0 Å². The molecule has 0 aliphatic carbocycles. The number of carbonyl (C=O) groups is 1. The fourth-order valence-corrected chi connectivity index (χ4v) is 5.08. The van der Waals surface area contributed by atoms with E-state index >= 15 is 0 Å². The highest BCUT2D eigenvalue weighted by Gasteiger charge is 2.35. The second kappa shape index (κ2) is 6.63. The van der Waals surface area contributed by atoms with Crippen LogP contribution in [0.5, 0.6) is 5.75 Å². The van der Waals surface area contributed by atoms with Gasteiger partial charge in [0.1, 0.15) is 16.3 Å². The Morgan fingerprint density at radius 1 is 1.29 bits per heavy atom. The van der Waals surface area contributed by atoms with Gasteiger partial charge in [-0.3, -0.25) is 4.79 Å². The predicted octanol–water partition coefficient (Wildman–Crippen LogP) is 5.34. The Morgan fingerprint density at radius 2 is 2.14 bits per heavy atom. The van der Waals surface area contributed by atoms with Gasteiger partial charge in [-0.05, 0) is 50.1 Å². The minimum atomic E-state index is -0.0607. The van der Waals surface area contributed by atoms with Crippen molar-refractivity contribution in [1.29, 1.82) is 0 Å². The van der Waals surface area contributed by atoms with Gasteiger partial charge >= 0.3 is 0 Å². The Morgan fingerprint density at radius 3 is 2.96 bits per heavy atom. The molecule has 4 aromatic rings. The minimum Gasteiger partial charge on any atom is -0.497 e. The van der Waals surface area contributed by atoms with Crippen LogP contribution in [0.15, 0.2) is 46.9 Å². The molecule has 0 saturated carbocycles. The molecule has 0 radical (unpaired) electrons. The lowest BCUT2D eigenvalue weighted by Gasteiger charge is -2.22. The van der Waals surface area contributed by atoms with Gasteiger partial charge in [0.25, 0.3) is 5.91 Å². The lowest BCUT2D eigenvalue weighted by molar-refractivity contribution is 0.0704. The molecule has 1 unspecified atom stereocenters. The van der Waals surface area contributed by atoms with Crippen molar-refractivity contribution >= 4 is 38.4 Å². The van der Waals surface area contributed by atoms with E-state index in [0.717, 1.165) is 51.3 Å². The monoisotopic (exact) mass is 392 g/mol. The van der Waals surface area contributed by atoms with Crippen LogP contribution in [0.2, 0.25) is 0 Å². The number of hydrogen-bond acceptors (Lipinski definition) is 5. The Labute approximate surface area is 166 Å². The Bertz CT molecular complexity index is 1160. The highest BCUT2D eigenvalue weighted by molar-refractivity contribution is 7.18. The van der Waals surface area contributed by atoms with Crippen molar-refractivity contribution in [3.63, 3.8) is 0 Å². The third-order valence-electron chi connectivity index (χ3n) is 5.45. The number of methoxy groups -OCH3 is 1. The molecule has 3 heterocycles. The number of ether oxygens (including phenoxy) is 1. The third-order valence-corrected chi connectivity index (χ3v) is 6.58. The molecular weight excluding hydrogens is 372 g/mol. The first-order chi connectivity index (χ1) is 13.7. The van der Waals surface area contributed by atoms with E-state index in [4.69, 9.17) is 14.1 Å². The van der Waals surface area contributed by atoms with Crippen LogP contribution in [0.25, 0.3) is 21.2 Å². The van der Waals surface area contributed by atoms with Crippen molar-refractivity contribution in [2.75, 3.05) is 13.7 Å². The topological polar surface area (TPSA) is 55.6 Å². The van der Waals surface area contributed by atoms with Gasteiger partial charge in [-0.25, -0.2) is 4.98 Å². The Balaban J connectivity index is 1.52. The van der Waals surface area contributed by atoms with Crippen molar-refractivity contribution in [3.8, 4) is 5.75 Å². The van der Waals surface area contributed by atoms with Crippen LogP contribution in [-0.2, 0) is 0 Å². The van der Waals surface area contributed by atoms with Gasteiger partial charge in [-0.15, -0.1) is 11.3 Å². The molecule has 1 fully saturated rings. The molecule has 0 spiro atoms. The number of amides is 1. The fourth-order valence-electron chi connectivity index (χ4n) is 3.96. The van der Waals surface area contributed by atoms with Crippen molar-refractivity contribution < 1.29 is 13.9 Å². The molecule has 142 valence electrons. The first kappa shape index (κ1) is 17.3. The van der Waals surface area contributed by atoms with E-state index in [2.05, 4.69) is 6.07 Å². The van der Waals surface area contributed by atoms with E-state index in [-0.39, 0.29) is 11.9 Å². The zero-order valence-electron chi connectivity index (χ0n) is 15.8. The minimum absolute atomic E-state index is 0.00653. The summed E-state index contributed by atoms with van der Waals surface area (Å²) in [5.41, 5.74) is 2.56. The number of carbonyl (C=O) groups excluding carboxylic acids is 1. The first-order valence-electron chi connectivity index (χ1n) is 9.39. The van der Waals surface area contributed by atoms with Crippen LogP contribution in [0, 0.1) is 6.92 Å². The average Bonchev–Trinajstić information content (AvgIpc) is 3.44. The van der Waals surface area contributed by atoms with Gasteiger partial charge in [0.15, 0.2) is 5.76 Å². The summed E-state index contributed by atoms with van der Waals surface area (Å²) < 4.78 is 12.4. The average molecular weight is 392 g/mol. The maximum Gasteiger partial charge on any atom is 0.290 e. The van der Waals surface area contributed by atoms with E-state index in [0.29, 0.717) is 11.3 Å². The Kier molecular flexibility index (Phi) is 4.09. The number of benzene rings is 2. The van der Waals surface area contributed by atoms with Crippen molar-refractivity contribution in [1.82, 2.24) is 9.88 Å². The number of thiazole rings is 1. The second-order valence-corrected chi connectivity index (χ2v) is 8.16. The smallest absolute Gasteiger partial charge is 0.290 e. The van der Waals surface area contributed by atoms with Crippen molar-refractivity contribution in [3.05, 3.63) is 58.8 Å². The summed E-state index contributed by atoms with van der Waals surface area (Å²) in [7, 11) is 1.63. The molecular formula is C22H20N2O3S. The molecule has 1 aliphatic heterocycles. The summed E-state index contributed by atoms with van der Waals surface area (Å²) in [6, 6.07) is 13.7. The number of nitrogens with zero attached hydrogens (tertiary/aromatic N) is 2. The molecule has 5 rings (SSSR count). The predicted molar refractivity (Wildman–Crippen MR) is 110 cm³/mol. The normalized spacial score (nSPS) is 16.9. The van der Waals surface area contributed by atoms with Crippen molar-refractivity contribution in [2.45, 2.75) is 25.8 Å². The van der Waals surface area contributed by atoms with E-state index < -0.39 is 0 Å².